The van der Waals surface area contributed by atoms with Crippen LogP contribution in [0.3, 0.4) is 0 Å². The van der Waals surface area contributed by atoms with Gasteiger partial charge < -0.3 is 15.4 Å². The lowest BCUT2D eigenvalue weighted by Gasteiger charge is -2.11. The van der Waals surface area contributed by atoms with E-state index in [2.05, 4.69) is 47.2 Å². The number of hydrogen-bond acceptors (Lipinski definition) is 4. The predicted molar refractivity (Wildman–Crippen MR) is 134 cm³/mol. The van der Waals surface area contributed by atoms with E-state index in [0.29, 0.717) is 5.56 Å². The summed E-state index contributed by atoms with van der Waals surface area (Å²) in [5.74, 6) is 0.210. The normalized spacial score (nSPS) is 10.7. The third kappa shape index (κ3) is 8.96. The van der Waals surface area contributed by atoms with Crippen molar-refractivity contribution in [1.82, 2.24) is 4.98 Å². The Balaban J connectivity index is 0.000000328. The number of nitrogens with one attached hydrogen (secondary N) is 2. The van der Waals surface area contributed by atoms with Crippen LogP contribution in [0.25, 0.3) is 0 Å². The number of carbonyl (C=O) groups excluding carboxylic acids is 1. The Bertz CT molecular complexity index is 1130. The number of benzene rings is 2. The number of rotatable bonds is 7. The smallest absolute Gasteiger partial charge is 0.406 e. The first kappa shape index (κ1) is 27.7. The molecule has 3 rings (SSSR count). The summed E-state index contributed by atoms with van der Waals surface area (Å²) in [7, 11) is 1.89. The molecule has 35 heavy (non-hydrogen) atoms. The molecular formula is C27H32F3N3O2. The lowest BCUT2D eigenvalue weighted by Crippen LogP contribution is -2.17. The van der Waals surface area contributed by atoms with E-state index in [4.69, 9.17) is 0 Å². The molecule has 2 N–H and O–H groups in total. The summed E-state index contributed by atoms with van der Waals surface area (Å²) in [6, 6.07) is 12.7. The summed E-state index contributed by atoms with van der Waals surface area (Å²) in [5, 5.41) is 5.61. The highest BCUT2D eigenvalue weighted by Crippen LogP contribution is 2.25. The van der Waals surface area contributed by atoms with Crippen molar-refractivity contribution in [2.45, 2.75) is 53.3 Å². The van der Waals surface area contributed by atoms with Crippen molar-refractivity contribution in [3.63, 3.8) is 0 Å². The highest BCUT2D eigenvalue weighted by molar-refractivity contribution is 6.04. The fraction of sp³-hybridized carbons (Fsp3) is 0.333. The Kier molecular flexibility index (Phi) is 10.1. The molecule has 0 saturated carbocycles. The number of pyridine rings is 1. The van der Waals surface area contributed by atoms with Crippen molar-refractivity contribution in [2.75, 3.05) is 17.7 Å². The zero-order chi connectivity index (χ0) is 26.0. The van der Waals surface area contributed by atoms with Crippen LogP contribution in [0.15, 0.2) is 54.7 Å². The van der Waals surface area contributed by atoms with E-state index in [0.717, 1.165) is 36.7 Å². The molecule has 0 aliphatic heterocycles. The van der Waals surface area contributed by atoms with Gasteiger partial charge in [-0.15, -0.1) is 13.2 Å². The molecule has 1 amide bonds. The number of ether oxygens (including phenoxy) is 1. The van der Waals surface area contributed by atoms with Crippen molar-refractivity contribution in [3.05, 3.63) is 82.5 Å². The van der Waals surface area contributed by atoms with Crippen molar-refractivity contribution in [2.24, 2.45) is 0 Å². The molecule has 0 aliphatic rings. The molecule has 2 aromatic carbocycles. The molecule has 0 radical (unpaired) electrons. The number of aromatic nitrogens is 1. The van der Waals surface area contributed by atoms with Gasteiger partial charge in [0.2, 0.25) is 0 Å². The van der Waals surface area contributed by atoms with E-state index in [1.165, 1.54) is 34.9 Å². The Morgan fingerprint density at radius 2 is 1.77 bits per heavy atom. The summed E-state index contributed by atoms with van der Waals surface area (Å²) < 4.78 is 40.5. The molecule has 0 saturated heterocycles. The second kappa shape index (κ2) is 12.8. The van der Waals surface area contributed by atoms with Gasteiger partial charge in [0.25, 0.3) is 5.91 Å². The number of nitrogens with zero attached hydrogens (tertiary/aromatic N) is 1. The second-order valence-corrected chi connectivity index (χ2v) is 8.03. The maximum atomic E-state index is 12.3. The van der Waals surface area contributed by atoms with Gasteiger partial charge in [0.15, 0.2) is 0 Å². The minimum Gasteiger partial charge on any atom is -0.406 e. The van der Waals surface area contributed by atoms with Gasteiger partial charge in [-0.05, 0) is 73.2 Å². The van der Waals surface area contributed by atoms with Crippen LogP contribution in [0.2, 0.25) is 0 Å². The SMILES string of the molecule is CCCc1ccc(C(=O)Nc2cccc(OC(F)(F)F)c2)cc1C.CCc1cnc(NC)c(C)c1. The van der Waals surface area contributed by atoms with Crippen LogP contribution in [-0.4, -0.2) is 24.3 Å². The fourth-order valence-corrected chi connectivity index (χ4v) is 3.45. The number of hydrogen-bond donors (Lipinski definition) is 2. The number of aryl methyl sites for hydroxylation is 4. The molecule has 3 aromatic rings. The van der Waals surface area contributed by atoms with Crippen molar-refractivity contribution in [3.8, 4) is 5.75 Å². The third-order valence-corrected chi connectivity index (χ3v) is 5.23. The van der Waals surface area contributed by atoms with Crippen molar-refractivity contribution >= 4 is 17.4 Å². The molecule has 1 heterocycles. The van der Waals surface area contributed by atoms with Crippen LogP contribution in [0.5, 0.6) is 5.75 Å². The average molecular weight is 488 g/mol. The van der Waals surface area contributed by atoms with E-state index in [1.807, 2.05) is 26.2 Å². The minimum absolute atomic E-state index is 0.233. The highest BCUT2D eigenvalue weighted by atomic mass is 19.4. The van der Waals surface area contributed by atoms with E-state index in [1.54, 1.807) is 12.1 Å². The molecule has 188 valence electrons. The molecule has 0 atom stereocenters. The van der Waals surface area contributed by atoms with Crippen LogP contribution in [0.4, 0.5) is 24.7 Å². The molecule has 8 heteroatoms. The van der Waals surface area contributed by atoms with E-state index < -0.39 is 6.36 Å². The summed E-state index contributed by atoms with van der Waals surface area (Å²) in [4.78, 5) is 16.5. The van der Waals surface area contributed by atoms with Gasteiger partial charge in [0, 0.05) is 30.6 Å². The number of carbonyl (C=O) groups is 1. The summed E-state index contributed by atoms with van der Waals surface area (Å²) >= 11 is 0. The highest BCUT2D eigenvalue weighted by Gasteiger charge is 2.31. The summed E-state index contributed by atoms with van der Waals surface area (Å²) in [5.41, 5.74) is 5.38. The Hall–Kier alpha value is -3.55. The van der Waals surface area contributed by atoms with Crippen LogP contribution in [0, 0.1) is 13.8 Å². The van der Waals surface area contributed by atoms with Crippen molar-refractivity contribution < 1.29 is 22.7 Å². The van der Waals surface area contributed by atoms with Crippen molar-refractivity contribution in [1.29, 1.82) is 0 Å². The van der Waals surface area contributed by atoms with E-state index >= 15 is 0 Å². The van der Waals surface area contributed by atoms with Gasteiger partial charge in [-0.25, -0.2) is 4.98 Å². The van der Waals surface area contributed by atoms with Gasteiger partial charge in [-0.1, -0.05) is 38.5 Å². The summed E-state index contributed by atoms with van der Waals surface area (Å²) in [6.07, 6.45) is 0.147. The Labute approximate surface area is 204 Å². The van der Waals surface area contributed by atoms with Gasteiger partial charge in [-0.3, -0.25) is 4.79 Å². The molecular weight excluding hydrogens is 455 g/mol. The molecule has 0 fully saturated rings. The first-order valence-electron chi connectivity index (χ1n) is 11.5. The van der Waals surface area contributed by atoms with Crippen LogP contribution < -0.4 is 15.4 Å². The third-order valence-electron chi connectivity index (χ3n) is 5.23. The van der Waals surface area contributed by atoms with Gasteiger partial charge in [-0.2, -0.15) is 0 Å². The molecule has 0 aliphatic carbocycles. The summed E-state index contributed by atoms with van der Waals surface area (Å²) in [6.45, 7) is 8.21. The molecule has 5 nitrogen and oxygen atoms in total. The van der Waals surface area contributed by atoms with E-state index in [9.17, 15) is 18.0 Å². The zero-order valence-corrected chi connectivity index (χ0v) is 20.7. The quantitative estimate of drug-likeness (QED) is 0.373. The minimum atomic E-state index is -4.77. The number of anilines is 2. The number of amides is 1. The van der Waals surface area contributed by atoms with Gasteiger partial charge in [0.05, 0.1) is 0 Å². The monoisotopic (exact) mass is 487 g/mol. The maximum Gasteiger partial charge on any atom is 0.573 e. The Morgan fingerprint density at radius 3 is 2.34 bits per heavy atom. The lowest BCUT2D eigenvalue weighted by atomic mass is 10.0. The molecule has 0 unspecified atom stereocenters. The predicted octanol–water partition coefficient (Wildman–Crippen LogP) is 7.09. The van der Waals surface area contributed by atoms with Crippen LogP contribution >= 0.6 is 0 Å². The topological polar surface area (TPSA) is 63.2 Å². The molecule has 0 bridgehead atoms. The maximum absolute atomic E-state index is 12.3. The number of alkyl halides is 3. The van der Waals surface area contributed by atoms with Gasteiger partial charge in [0.1, 0.15) is 11.6 Å². The molecule has 0 spiro atoms. The van der Waals surface area contributed by atoms with Gasteiger partial charge >= 0.3 is 6.36 Å². The number of halogens is 3. The van der Waals surface area contributed by atoms with Crippen LogP contribution in [0.1, 0.15) is 52.9 Å². The Morgan fingerprint density at radius 1 is 1.03 bits per heavy atom. The standard InChI is InChI=1S/C18H18F3NO2.C9H14N2/c1-3-5-13-8-9-14(10-12(13)2)17(23)22-15-6-4-7-16(11-15)24-18(19,20)21;1-4-8-5-7(2)9(10-3)11-6-8/h4,6-11H,3,5H2,1-2H3,(H,22,23);5-6H,4H2,1-3H3,(H,10,11). The largest absolute Gasteiger partial charge is 0.573 e. The van der Waals surface area contributed by atoms with Crippen LogP contribution in [-0.2, 0) is 12.8 Å². The first-order valence-corrected chi connectivity index (χ1v) is 11.5. The lowest BCUT2D eigenvalue weighted by molar-refractivity contribution is -0.274. The van der Waals surface area contributed by atoms with E-state index in [-0.39, 0.29) is 17.3 Å². The molecule has 1 aromatic heterocycles. The first-order chi connectivity index (χ1) is 16.6. The second-order valence-electron chi connectivity index (χ2n) is 8.03. The average Bonchev–Trinajstić information content (AvgIpc) is 2.80. The fourth-order valence-electron chi connectivity index (χ4n) is 3.45. The zero-order valence-electron chi connectivity index (χ0n) is 20.7.